The van der Waals surface area contributed by atoms with Crippen LogP contribution < -0.4 is 16.2 Å². The highest BCUT2D eigenvalue weighted by Gasteiger charge is 2.42. The second-order valence-electron chi connectivity index (χ2n) is 8.14. The van der Waals surface area contributed by atoms with Crippen LogP contribution in [0.2, 0.25) is 0 Å². The van der Waals surface area contributed by atoms with Crippen molar-refractivity contribution in [2.24, 2.45) is 5.92 Å². The Balaban J connectivity index is 1.24. The third kappa shape index (κ3) is 4.69. The molecule has 0 radical (unpaired) electrons. The van der Waals surface area contributed by atoms with Gasteiger partial charge in [0.1, 0.15) is 6.04 Å². The van der Waals surface area contributed by atoms with Gasteiger partial charge in [-0.25, -0.2) is 5.43 Å². The smallest absolute Gasteiger partial charge is 0.241 e. The number of nitrogens with one attached hydrogen (secondary N) is 3. The first-order valence-electron chi connectivity index (χ1n) is 10.6. The summed E-state index contributed by atoms with van der Waals surface area (Å²) < 4.78 is 0. The number of carbonyl (C=O) groups is 1. The summed E-state index contributed by atoms with van der Waals surface area (Å²) in [6.45, 7) is 6.92. The molecule has 1 aromatic rings. The zero-order valence-electron chi connectivity index (χ0n) is 16.2. The number of hydrazine groups is 1. The van der Waals surface area contributed by atoms with Gasteiger partial charge in [-0.15, -0.1) is 0 Å². The molecule has 1 aromatic carbocycles. The first-order valence-corrected chi connectivity index (χ1v) is 10.6. The molecule has 3 heterocycles. The topological polar surface area (TPSA) is 59.6 Å². The van der Waals surface area contributed by atoms with Crippen molar-refractivity contribution < 1.29 is 4.79 Å². The first kappa shape index (κ1) is 18.9. The molecule has 3 aliphatic rings. The Kier molecular flexibility index (Phi) is 6.39. The van der Waals surface area contributed by atoms with Crippen LogP contribution >= 0.6 is 0 Å². The number of hydrogen-bond donors (Lipinski definition) is 3. The molecule has 0 bridgehead atoms. The monoisotopic (exact) mass is 371 g/mol. The predicted molar refractivity (Wildman–Crippen MR) is 107 cm³/mol. The Labute approximate surface area is 162 Å². The zero-order valence-corrected chi connectivity index (χ0v) is 16.2. The number of benzene rings is 1. The molecule has 3 fully saturated rings. The largest absolute Gasteiger partial charge is 0.340 e. The van der Waals surface area contributed by atoms with Gasteiger partial charge in [-0.2, -0.15) is 0 Å². The number of aryl methyl sites for hydroxylation is 1. The molecule has 3 N–H and O–H groups in total. The van der Waals surface area contributed by atoms with E-state index >= 15 is 0 Å². The lowest BCUT2D eigenvalue weighted by Crippen LogP contribution is -2.51. The number of hydrogen-bond acceptors (Lipinski definition) is 5. The summed E-state index contributed by atoms with van der Waals surface area (Å²) in [5, 5.41) is 3.44. The van der Waals surface area contributed by atoms with Gasteiger partial charge in [0.25, 0.3) is 0 Å². The molecule has 0 saturated carbocycles. The number of rotatable bonds is 5. The van der Waals surface area contributed by atoms with Crippen molar-refractivity contribution >= 4 is 5.91 Å². The molecular weight excluding hydrogens is 338 g/mol. The van der Waals surface area contributed by atoms with Crippen molar-refractivity contribution in [1.82, 2.24) is 26.0 Å². The van der Waals surface area contributed by atoms with Crippen molar-refractivity contribution in [1.29, 1.82) is 0 Å². The molecule has 6 heteroatoms. The summed E-state index contributed by atoms with van der Waals surface area (Å²) in [5.74, 6) is 0.654. The van der Waals surface area contributed by atoms with Gasteiger partial charge < -0.3 is 15.1 Å². The average Bonchev–Trinajstić information content (AvgIpc) is 3.00. The molecular formula is C21H33N5O. The van der Waals surface area contributed by atoms with E-state index in [2.05, 4.69) is 56.3 Å². The fourth-order valence-electron chi connectivity index (χ4n) is 4.72. The third-order valence-corrected chi connectivity index (χ3v) is 6.33. The van der Waals surface area contributed by atoms with E-state index in [1.165, 1.54) is 12.0 Å². The Hall–Kier alpha value is -1.47. The van der Waals surface area contributed by atoms with Crippen LogP contribution in [-0.4, -0.2) is 73.6 Å². The third-order valence-electron chi connectivity index (χ3n) is 6.33. The van der Waals surface area contributed by atoms with E-state index < -0.39 is 0 Å². The van der Waals surface area contributed by atoms with Gasteiger partial charge in [0.2, 0.25) is 5.91 Å². The van der Waals surface area contributed by atoms with E-state index in [1.807, 2.05) is 0 Å². The Bertz CT molecular complexity index is 610. The van der Waals surface area contributed by atoms with Crippen molar-refractivity contribution in [3.8, 4) is 0 Å². The van der Waals surface area contributed by atoms with Crippen LogP contribution in [-0.2, 0) is 11.2 Å². The van der Waals surface area contributed by atoms with Crippen LogP contribution in [0, 0.1) is 5.92 Å². The minimum atomic E-state index is -0.0765. The number of fused-ring (bicyclic) bond motifs is 1. The highest BCUT2D eigenvalue weighted by Crippen LogP contribution is 2.22. The second kappa shape index (κ2) is 9.15. The van der Waals surface area contributed by atoms with E-state index in [-0.39, 0.29) is 11.9 Å². The highest BCUT2D eigenvalue weighted by atomic mass is 16.2. The van der Waals surface area contributed by atoms with Gasteiger partial charge in [0, 0.05) is 38.1 Å². The normalized spacial score (nSPS) is 29.3. The lowest BCUT2D eigenvalue weighted by atomic mass is 9.89. The molecule has 27 heavy (non-hydrogen) atoms. The summed E-state index contributed by atoms with van der Waals surface area (Å²) in [6.07, 6.45) is 4.48. The maximum absolute atomic E-state index is 13.1. The van der Waals surface area contributed by atoms with Crippen LogP contribution in [0.5, 0.6) is 0 Å². The summed E-state index contributed by atoms with van der Waals surface area (Å²) in [5.41, 5.74) is 8.05. The Morgan fingerprint density at radius 3 is 2.85 bits per heavy atom. The molecule has 148 valence electrons. The average molecular weight is 372 g/mol. The van der Waals surface area contributed by atoms with Gasteiger partial charge in [-0.3, -0.25) is 10.2 Å². The van der Waals surface area contributed by atoms with Crippen LogP contribution in [0.15, 0.2) is 30.3 Å². The van der Waals surface area contributed by atoms with Crippen molar-refractivity contribution in [3.63, 3.8) is 0 Å². The lowest BCUT2D eigenvalue weighted by Gasteiger charge is -2.30. The quantitative estimate of drug-likeness (QED) is 0.708. The molecule has 0 aliphatic carbocycles. The molecule has 3 saturated heterocycles. The van der Waals surface area contributed by atoms with Crippen molar-refractivity contribution in [2.45, 2.75) is 37.8 Å². The standard InChI is InChI=1S/C21H33N5O/c27-21(20-18-16-22-10-9-19(18)23-24-20)26-13-5-12-25(14-15-26)11-4-8-17-6-2-1-3-7-17/h1-3,6-7,18-20,22-24H,4-5,8-16H2. The van der Waals surface area contributed by atoms with Crippen LogP contribution in [0.4, 0.5) is 0 Å². The number of nitrogens with zero attached hydrogens (tertiary/aromatic N) is 2. The van der Waals surface area contributed by atoms with Crippen LogP contribution in [0.3, 0.4) is 0 Å². The molecule has 0 spiro atoms. The van der Waals surface area contributed by atoms with Crippen molar-refractivity contribution in [2.75, 3.05) is 45.8 Å². The maximum Gasteiger partial charge on any atom is 0.241 e. The van der Waals surface area contributed by atoms with Crippen LogP contribution in [0.25, 0.3) is 0 Å². The van der Waals surface area contributed by atoms with E-state index in [4.69, 9.17) is 0 Å². The summed E-state index contributed by atoms with van der Waals surface area (Å²) in [7, 11) is 0. The fourth-order valence-corrected chi connectivity index (χ4v) is 4.72. The van der Waals surface area contributed by atoms with Gasteiger partial charge in [-0.1, -0.05) is 30.3 Å². The van der Waals surface area contributed by atoms with Crippen LogP contribution in [0.1, 0.15) is 24.8 Å². The van der Waals surface area contributed by atoms with Gasteiger partial charge >= 0.3 is 0 Å². The molecule has 3 aliphatic heterocycles. The van der Waals surface area contributed by atoms with E-state index in [9.17, 15) is 4.79 Å². The lowest BCUT2D eigenvalue weighted by molar-refractivity contribution is -0.134. The minimum Gasteiger partial charge on any atom is -0.340 e. The van der Waals surface area contributed by atoms with Gasteiger partial charge in [0.05, 0.1) is 0 Å². The predicted octanol–water partition coefficient (Wildman–Crippen LogP) is 0.608. The van der Waals surface area contributed by atoms with Gasteiger partial charge in [0.15, 0.2) is 0 Å². The molecule has 4 rings (SSSR count). The Morgan fingerprint density at radius 2 is 1.96 bits per heavy atom. The zero-order chi connectivity index (χ0) is 18.5. The summed E-state index contributed by atoms with van der Waals surface area (Å²) in [6, 6.07) is 11.1. The van der Waals surface area contributed by atoms with Gasteiger partial charge in [-0.05, 0) is 50.9 Å². The maximum atomic E-state index is 13.1. The Morgan fingerprint density at radius 1 is 1.07 bits per heavy atom. The summed E-state index contributed by atoms with van der Waals surface area (Å²) >= 11 is 0. The fraction of sp³-hybridized carbons (Fsp3) is 0.667. The number of carbonyl (C=O) groups excluding carboxylic acids is 1. The molecule has 0 aromatic heterocycles. The highest BCUT2D eigenvalue weighted by molar-refractivity contribution is 5.82. The first-order chi connectivity index (χ1) is 13.3. The van der Waals surface area contributed by atoms with Crippen molar-refractivity contribution in [3.05, 3.63) is 35.9 Å². The van der Waals surface area contributed by atoms with E-state index in [0.717, 1.165) is 65.1 Å². The van der Waals surface area contributed by atoms with E-state index in [1.54, 1.807) is 0 Å². The SMILES string of the molecule is O=C(C1NNC2CCNCC21)N1CCCN(CCCc2ccccc2)CC1. The molecule has 1 amide bonds. The van der Waals surface area contributed by atoms with E-state index in [0.29, 0.717) is 12.0 Å². The second-order valence-corrected chi connectivity index (χ2v) is 8.14. The molecule has 3 atom stereocenters. The number of piperidine rings is 1. The molecule has 6 nitrogen and oxygen atoms in total. The number of amides is 1. The minimum absolute atomic E-state index is 0.0765. The summed E-state index contributed by atoms with van der Waals surface area (Å²) in [4.78, 5) is 17.7. The molecule has 3 unspecified atom stereocenters.